The van der Waals surface area contributed by atoms with Gasteiger partial charge in [-0.3, -0.25) is 4.79 Å². The summed E-state index contributed by atoms with van der Waals surface area (Å²) in [6.45, 7) is 7.60. The van der Waals surface area contributed by atoms with E-state index in [4.69, 9.17) is 4.74 Å². The zero-order valence-corrected chi connectivity index (χ0v) is 16.3. The topological polar surface area (TPSA) is 29.5 Å². The molecule has 0 aromatic heterocycles. The van der Waals surface area contributed by atoms with Crippen LogP contribution >= 0.6 is 0 Å². The molecule has 0 heterocycles. The lowest BCUT2D eigenvalue weighted by Gasteiger charge is -2.17. The number of carbonyl (C=O) groups is 1. The van der Waals surface area contributed by atoms with E-state index < -0.39 is 0 Å². The van der Waals surface area contributed by atoms with Crippen LogP contribution in [0.15, 0.2) is 48.5 Å². The summed E-state index contributed by atoms with van der Waals surface area (Å²) in [6, 6.07) is 16.0. The van der Waals surface area contributed by atoms with Gasteiger partial charge in [0.2, 0.25) is 0 Å². The van der Waals surface area contributed by atoms with E-state index in [0.29, 0.717) is 6.42 Å². The largest absolute Gasteiger partial charge is 0.497 e. The number of unbranched alkanes of at least 4 members (excludes halogenated alkanes) is 1. The maximum atomic E-state index is 12.7. The molecule has 0 fully saturated rings. The Balaban J connectivity index is 1.95. The fraction of sp³-hybridized carbons (Fsp3) is 0.435. The summed E-state index contributed by atoms with van der Waals surface area (Å²) in [5.41, 5.74) is 3.16. The van der Waals surface area contributed by atoms with Crippen molar-refractivity contribution in [2.45, 2.75) is 39.5 Å². The van der Waals surface area contributed by atoms with E-state index >= 15 is 0 Å². The standard InChI is InChI=1S/C23H31NO2/c1-4-24(5-2)17-9-8-12-23(25)22-11-7-6-10-20(22)18-19-13-15-21(26-3)16-14-19/h6-7,10-11,13-16H,4-5,8-9,12,17-18H2,1-3H3. The second kappa shape index (κ2) is 10.8. The van der Waals surface area contributed by atoms with Crippen LogP contribution in [0.3, 0.4) is 0 Å². The molecule has 0 saturated heterocycles. The molecule has 2 aromatic carbocycles. The smallest absolute Gasteiger partial charge is 0.163 e. The highest BCUT2D eigenvalue weighted by molar-refractivity contribution is 5.97. The Morgan fingerprint density at radius 1 is 0.962 bits per heavy atom. The van der Waals surface area contributed by atoms with Gasteiger partial charge < -0.3 is 9.64 Å². The van der Waals surface area contributed by atoms with Crippen molar-refractivity contribution in [3.63, 3.8) is 0 Å². The molecule has 0 aliphatic heterocycles. The number of hydrogen-bond acceptors (Lipinski definition) is 3. The summed E-state index contributed by atoms with van der Waals surface area (Å²) in [5, 5.41) is 0. The van der Waals surface area contributed by atoms with Crippen LogP contribution in [0.4, 0.5) is 0 Å². The van der Waals surface area contributed by atoms with Crippen molar-refractivity contribution >= 4 is 5.78 Å². The molecule has 0 N–H and O–H groups in total. The molecular formula is C23H31NO2. The van der Waals surface area contributed by atoms with Gasteiger partial charge in [0.1, 0.15) is 5.75 Å². The minimum Gasteiger partial charge on any atom is -0.497 e. The molecular weight excluding hydrogens is 322 g/mol. The van der Waals surface area contributed by atoms with Crippen LogP contribution in [0, 0.1) is 0 Å². The van der Waals surface area contributed by atoms with Crippen LogP contribution in [0.25, 0.3) is 0 Å². The van der Waals surface area contributed by atoms with Gasteiger partial charge in [-0.25, -0.2) is 0 Å². The van der Waals surface area contributed by atoms with Crippen molar-refractivity contribution in [3.05, 3.63) is 65.2 Å². The first-order valence-corrected chi connectivity index (χ1v) is 9.64. The number of benzene rings is 2. The van der Waals surface area contributed by atoms with E-state index in [9.17, 15) is 4.79 Å². The zero-order valence-electron chi connectivity index (χ0n) is 16.3. The Kier molecular flexibility index (Phi) is 8.36. The van der Waals surface area contributed by atoms with E-state index in [1.807, 2.05) is 30.3 Å². The molecule has 0 amide bonds. The van der Waals surface area contributed by atoms with Gasteiger partial charge in [0, 0.05) is 12.0 Å². The maximum Gasteiger partial charge on any atom is 0.163 e. The summed E-state index contributed by atoms with van der Waals surface area (Å²) in [7, 11) is 1.67. The number of methoxy groups -OCH3 is 1. The normalized spacial score (nSPS) is 10.9. The highest BCUT2D eigenvalue weighted by Gasteiger charge is 2.11. The third-order valence-electron chi connectivity index (χ3n) is 4.89. The quantitative estimate of drug-likeness (QED) is 0.421. The predicted molar refractivity (Wildman–Crippen MR) is 108 cm³/mol. The minimum absolute atomic E-state index is 0.258. The lowest BCUT2D eigenvalue weighted by molar-refractivity contribution is 0.0977. The molecule has 2 aromatic rings. The van der Waals surface area contributed by atoms with Crippen molar-refractivity contribution in [2.75, 3.05) is 26.7 Å². The molecule has 0 bridgehead atoms. The molecule has 0 radical (unpaired) electrons. The average Bonchev–Trinajstić information content (AvgIpc) is 2.69. The highest BCUT2D eigenvalue weighted by atomic mass is 16.5. The Bertz CT molecular complexity index is 675. The van der Waals surface area contributed by atoms with Gasteiger partial charge in [-0.2, -0.15) is 0 Å². The van der Waals surface area contributed by atoms with Gasteiger partial charge in [0.15, 0.2) is 5.78 Å². The van der Waals surface area contributed by atoms with Gasteiger partial charge in [0.05, 0.1) is 7.11 Å². The SMILES string of the molecule is CCN(CC)CCCCC(=O)c1ccccc1Cc1ccc(OC)cc1. The third-order valence-corrected chi connectivity index (χ3v) is 4.89. The number of rotatable bonds is 11. The van der Waals surface area contributed by atoms with Crippen molar-refractivity contribution < 1.29 is 9.53 Å². The molecule has 3 heteroatoms. The zero-order chi connectivity index (χ0) is 18.8. The van der Waals surface area contributed by atoms with Crippen LogP contribution in [0.5, 0.6) is 5.75 Å². The summed E-state index contributed by atoms with van der Waals surface area (Å²) in [4.78, 5) is 15.1. The molecule has 140 valence electrons. The summed E-state index contributed by atoms with van der Waals surface area (Å²) >= 11 is 0. The number of hydrogen-bond donors (Lipinski definition) is 0. The molecule has 26 heavy (non-hydrogen) atoms. The van der Waals surface area contributed by atoms with Crippen molar-refractivity contribution in [2.24, 2.45) is 0 Å². The maximum absolute atomic E-state index is 12.7. The lowest BCUT2D eigenvalue weighted by Crippen LogP contribution is -2.24. The second-order valence-corrected chi connectivity index (χ2v) is 6.59. The molecule has 0 saturated carbocycles. The molecule has 3 nitrogen and oxygen atoms in total. The van der Waals surface area contributed by atoms with Gasteiger partial charge in [-0.05, 0) is 62.2 Å². The highest BCUT2D eigenvalue weighted by Crippen LogP contribution is 2.19. The van der Waals surface area contributed by atoms with Crippen LogP contribution in [-0.2, 0) is 6.42 Å². The molecule has 0 unspecified atom stereocenters. The Morgan fingerprint density at radius 3 is 2.31 bits per heavy atom. The molecule has 0 aliphatic carbocycles. The first-order valence-electron chi connectivity index (χ1n) is 9.64. The number of ketones is 1. The van der Waals surface area contributed by atoms with Gasteiger partial charge >= 0.3 is 0 Å². The second-order valence-electron chi connectivity index (χ2n) is 6.59. The minimum atomic E-state index is 0.258. The van der Waals surface area contributed by atoms with E-state index in [1.54, 1.807) is 7.11 Å². The van der Waals surface area contributed by atoms with Gasteiger partial charge in [-0.15, -0.1) is 0 Å². The average molecular weight is 354 g/mol. The lowest BCUT2D eigenvalue weighted by atomic mass is 9.95. The van der Waals surface area contributed by atoms with Crippen LogP contribution < -0.4 is 4.74 Å². The number of carbonyl (C=O) groups excluding carboxylic acids is 1. The summed E-state index contributed by atoms with van der Waals surface area (Å²) < 4.78 is 5.21. The van der Waals surface area contributed by atoms with E-state index in [2.05, 4.69) is 36.9 Å². The van der Waals surface area contributed by atoms with E-state index in [0.717, 1.165) is 55.8 Å². The number of Topliss-reactive ketones (excluding diaryl/α,β-unsaturated/α-hetero) is 1. The van der Waals surface area contributed by atoms with Crippen molar-refractivity contribution in [1.29, 1.82) is 0 Å². The van der Waals surface area contributed by atoms with Crippen LogP contribution in [0.1, 0.15) is 54.6 Å². The Labute approximate surface area is 158 Å². The fourth-order valence-electron chi connectivity index (χ4n) is 3.21. The fourth-order valence-corrected chi connectivity index (χ4v) is 3.21. The molecule has 0 aliphatic rings. The molecule has 0 atom stereocenters. The van der Waals surface area contributed by atoms with Gasteiger partial charge in [-0.1, -0.05) is 50.2 Å². The number of ether oxygens (including phenoxy) is 1. The first kappa shape index (κ1) is 20.2. The van der Waals surface area contributed by atoms with Crippen molar-refractivity contribution in [3.8, 4) is 5.75 Å². The third kappa shape index (κ3) is 5.99. The number of nitrogens with zero attached hydrogens (tertiary/aromatic N) is 1. The van der Waals surface area contributed by atoms with Crippen LogP contribution in [0.2, 0.25) is 0 Å². The molecule has 2 rings (SSSR count). The monoisotopic (exact) mass is 353 g/mol. The van der Waals surface area contributed by atoms with E-state index in [1.165, 1.54) is 5.56 Å². The summed E-state index contributed by atoms with van der Waals surface area (Å²) in [5.74, 6) is 1.11. The van der Waals surface area contributed by atoms with E-state index in [-0.39, 0.29) is 5.78 Å². The van der Waals surface area contributed by atoms with Crippen LogP contribution in [-0.4, -0.2) is 37.4 Å². The molecule has 0 spiro atoms. The van der Waals surface area contributed by atoms with Crippen molar-refractivity contribution in [1.82, 2.24) is 4.90 Å². The predicted octanol–water partition coefficient (Wildman–Crippen LogP) is 4.98. The Morgan fingerprint density at radius 2 is 1.65 bits per heavy atom. The summed E-state index contributed by atoms with van der Waals surface area (Å²) in [6.07, 6.45) is 3.42. The Hall–Kier alpha value is -2.13. The first-order chi connectivity index (χ1) is 12.7. The van der Waals surface area contributed by atoms with Gasteiger partial charge in [0.25, 0.3) is 0 Å².